The highest BCUT2D eigenvalue weighted by Crippen LogP contribution is 2.31. The van der Waals surface area contributed by atoms with E-state index >= 15 is 0 Å². The van der Waals surface area contributed by atoms with Crippen LogP contribution in [-0.2, 0) is 4.74 Å². The molecule has 0 saturated carbocycles. The summed E-state index contributed by atoms with van der Waals surface area (Å²) in [4.78, 5) is 24.0. The molecule has 1 atom stereocenters. The molecule has 0 spiro atoms. The number of nitrogens with one attached hydrogen (secondary N) is 1. The van der Waals surface area contributed by atoms with Gasteiger partial charge in [-0.3, -0.25) is 4.79 Å². The average molecular weight is 331 g/mol. The monoisotopic (exact) mass is 331 g/mol. The Bertz CT molecular complexity index is 700. The maximum Gasteiger partial charge on any atom is 0.408 e. The number of rotatable bonds is 4. The van der Waals surface area contributed by atoms with Gasteiger partial charge in [-0.25, -0.2) is 4.79 Å². The standard InChI is InChI=1S/C18H21NO3S/c1-12(19-17(21)22-18(2,3)4)16-9-14(11-23-16)15-8-6-5-7-13(15)10-20/h5-12H,1-4H3,(H,19,21)/t12-/m1/s1. The van der Waals surface area contributed by atoms with Crippen LogP contribution >= 0.6 is 11.3 Å². The van der Waals surface area contributed by atoms with Crippen molar-refractivity contribution in [3.63, 3.8) is 0 Å². The molecule has 23 heavy (non-hydrogen) atoms. The van der Waals surface area contributed by atoms with Crippen LogP contribution in [0.25, 0.3) is 11.1 Å². The van der Waals surface area contributed by atoms with Gasteiger partial charge >= 0.3 is 6.09 Å². The predicted molar refractivity (Wildman–Crippen MR) is 92.9 cm³/mol. The Morgan fingerprint density at radius 3 is 2.65 bits per heavy atom. The molecule has 0 aliphatic heterocycles. The van der Waals surface area contributed by atoms with E-state index in [1.165, 1.54) is 0 Å². The van der Waals surface area contributed by atoms with Gasteiger partial charge in [0.15, 0.2) is 6.29 Å². The third-order valence-corrected chi connectivity index (χ3v) is 4.29. The fourth-order valence-corrected chi connectivity index (χ4v) is 3.06. The molecular formula is C18H21NO3S. The normalized spacial score (nSPS) is 12.5. The maximum atomic E-state index is 11.8. The van der Waals surface area contributed by atoms with Gasteiger partial charge in [-0.05, 0) is 50.3 Å². The van der Waals surface area contributed by atoms with Crippen LogP contribution in [0.5, 0.6) is 0 Å². The van der Waals surface area contributed by atoms with Gasteiger partial charge in [0.1, 0.15) is 5.60 Å². The molecule has 0 saturated heterocycles. The molecule has 0 aliphatic rings. The molecule has 0 fully saturated rings. The summed E-state index contributed by atoms with van der Waals surface area (Å²) in [6.07, 6.45) is 0.419. The fourth-order valence-electron chi connectivity index (χ4n) is 2.14. The van der Waals surface area contributed by atoms with Gasteiger partial charge in [0.05, 0.1) is 6.04 Å². The van der Waals surface area contributed by atoms with Crippen LogP contribution in [0.2, 0.25) is 0 Å². The van der Waals surface area contributed by atoms with E-state index < -0.39 is 11.7 Å². The van der Waals surface area contributed by atoms with Gasteiger partial charge in [0, 0.05) is 10.4 Å². The number of carbonyl (C=O) groups excluding carboxylic acids is 2. The molecule has 4 nitrogen and oxygen atoms in total. The number of ether oxygens (including phenoxy) is 1. The molecule has 2 rings (SSSR count). The van der Waals surface area contributed by atoms with Crippen LogP contribution in [-0.4, -0.2) is 18.0 Å². The van der Waals surface area contributed by atoms with Gasteiger partial charge in [-0.15, -0.1) is 11.3 Å². The molecule has 2 aromatic rings. The highest BCUT2D eigenvalue weighted by molar-refractivity contribution is 7.10. The van der Waals surface area contributed by atoms with E-state index in [0.29, 0.717) is 5.56 Å². The molecular weight excluding hydrogens is 310 g/mol. The number of hydrogen-bond donors (Lipinski definition) is 1. The van der Waals surface area contributed by atoms with Crippen molar-refractivity contribution in [3.8, 4) is 11.1 Å². The molecule has 5 heteroatoms. The Kier molecular flexibility index (Phi) is 5.21. The first-order valence-electron chi connectivity index (χ1n) is 7.42. The number of thiophene rings is 1. The summed E-state index contributed by atoms with van der Waals surface area (Å²) in [6.45, 7) is 7.40. The second-order valence-corrected chi connectivity index (χ2v) is 7.25. The van der Waals surface area contributed by atoms with E-state index in [1.54, 1.807) is 17.4 Å². The SMILES string of the molecule is C[C@@H](NC(=O)OC(C)(C)C)c1cc(-c2ccccc2C=O)cs1. The van der Waals surface area contributed by atoms with Crippen molar-refractivity contribution >= 4 is 23.7 Å². The number of benzene rings is 1. The molecule has 1 heterocycles. The predicted octanol–water partition coefficient (Wildman–Crippen LogP) is 4.81. The van der Waals surface area contributed by atoms with Crippen molar-refractivity contribution in [2.24, 2.45) is 0 Å². The summed E-state index contributed by atoms with van der Waals surface area (Å²) in [5.74, 6) is 0. The molecule has 0 radical (unpaired) electrons. The largest absolute Gasteiger partial charge is 0.444 e. The van der Waals surface area contributed by atoms with Crippen molar-refractivity contribution in [1.82, 2.24) is 5.32 Å². The number of amides is 1. The Labute approximate surface area is 140 Å². The summed E-state index contributed by atoms with van der Waals surface area (Å²) in [5.41, 5.74) is 2.01. The second kappa shape index (κ2) is 6.96. The number of carbonyl (C=O) groups is 2. The second-order valence-electron chi connectivity index (χ2n) is 6.31. The zero-order chi connectivity index (χ0) is 17.0. The molecule has 122 valence electrons. The minimum Gasteiger partial charge on any atom is -0.444 e. The van der Waals surface area contributed by atoms with Crippen LogP contribution in [0.15, 0.2) is 35.7 Å². The molecule has 0 aliphatic carbocycles. The minimum atomic E-state index is -0.521. The Hall–Kier alpha value is -2.14. The summed E-state index contributed by atoms with van der Waals surface area (Å²) in [6, 6.07) is 9.29. The molecule has 1 aromatic heterocycles. The highest BCUT2D eigenvalue weighted by Gasteiger charge is 2.19. The Balaban J connectivity index is 2.12. The average Bonchev–Trinajstić information content (AvgIpc) is 2.94. The van der Waals surface area contributed by atoms with E-state index in [1.807, 2.05) is 57.3 Å². The highest BCUT2D eigenvalue weighted by atomic mass is 32.1. The van der Waals surface area contributed by atoms with Crippen LogP contribution < -0.4 is 5.32 Å². The molecule has 1 amide bonds. The summed E-state index contributed by atoms with van der Waals surface area (Å²) in [7, 11) is 0. The summed E-state index contributed by atoms with van der Waals surface area (Å²) in [5, 5.41) is 4.82. The molecule has 1 aromatic carbocycles. The van der Waals surface area contributed by atoms with E-state index in [2.05, 4.69) is 5.32 Å². The number of alkyl carbamates (subject to hydrolysis) is 1. The maximum absolute atomic E-state index is 11.8. The number of hydrogen-bond acceptors (Lipinski definition) is 4. The minimum absolute atomic E-state index is 0.160. The fraction of sp³-hybridized carbons (Fsp3) is 0.333. The third-order valence-electron chi connectivity index (χ3n) is 3.18. The van der Waals surface area contributed by atoms with Crippen LogP contribution in [0.3, 0.4) is 0 Å². The van der Waals surface area contributed by atoms with Crippen LogP contribution in [0, 0.1) is 0 Å². The van der Waals surface area contributed by atoms with Gasteiger partial charge < -0.3 is 10.1 Å². The smallest absolute Gasteiger partial charge is 0.408 e. The first kappa shape index (κ1) is 17.2. The quantitative estimate of drug-likeness (QED) is 0.818. The van der Waals surface area contributed by atoms with E-state index in [9.17, 15) is 9.59 Å². The third kappa shape index (κ3) is 4.66. The topological polar surface area (TPSA) is 55.4 Å². The summed E-state index contributed by atoms with van der Waals surface area (Å²) >= 11 is 1.55. The first-order valence-corrected chi connectivity index (χ1v) is 8.30. The molecule has 0 bridgehead atoms. The van der Waals surface area contributed by atoms with Crippen LogP contribution in [0.1, 0.15) is 49.0 Å². The van der Waals surface area contributed by atoms with Gasteiger partial charge in [0.25, 0.3) is 0 Å². The van der Waals surface area contributed by atoms with Crippen molar-refractivity contribution in [1.29, 1.82) is 0 Å². The van der Waals surface area contributed by atoms with E-state index in [0.717, 1.165) is 22.3 Å². The lowest BCUT2D eigenvalue weighted by atomic mass is 10.0. The van der Waals surface area contributed by atoms with E-state index in [4.69, 9.17) is 4.74 Å². The zero-order valence-corrected chi connectivity index (χ0v) is 14.6. The molecule has 0 unspecified atom stereocenters. The van der Waals surface area contributed by atoms with Crippen molar-refractivity contribution in [2.75, 3.05) is 0 Å². The zero-order valence-electron chi connectivity index (χ0n) is 13.8. The van der Waals surface area contributed by atoms with Crippen molar-refractivity contribution in [2.45, 2.75) is 39.3 Å². The Morgan fingerprint density at radius 2 is 2.00 bits per heavy atom. The van der Waals surface area contributed by atoms with Gasteiger partial charge in [0.2, 0.25) is 0 Å². The Morgan fingerprint density at radius 1 is 1.30 bits per heavy atom. The van der Waals surface area contributed by atoms with E-state index in [-0.39, 0.29) is 6.04 Å². The van der Waals surface area contributed by atoms with Gasteiger partial charge in [-0.1, -0.05) is 24.3 Å². The first-order chi connectivity index (χ1) is 10.8. The van der Waals surface area contributed by atoms with Gasteiger partial charge in [-0.2, -0.15) is 0 Å². The number of aldehydes is 1. The lowest BCUT2D eigenvalue weighted by Gasteiger charge is -2.21. The van der Waals surface area contributed by atoms with Crippen molar-refractivity contribution < 1.29 is 14.3 Å². The summed E-state index contributed by atoms with van der Waals surface area (Å²) < 4.78 is 5.27. The molecule has 1 N–H and O–H groups in total. The van der Waals surface area contributed by atoms with Crippen molar-refractivity contribution in [3.05, 3.63) is 46.2 Å². The lowest BCUT2D eigenvalue weighted by molar-refractivity contribution is 0.0508. The lowest BCUT2D eigenvalue weighted by Crippen LogP contribution is -2.33. The van der Waals surface area contributed by atoms with Crippen LogP contribution in [0.4, 0.5) is 4.79 Å².